The molecule has 1 aliphatic rings. The van der Waals surface area contributed by atoms with Crippen LogP contribution in [-0.2, 0) is 14.4 Å². The summed E-state index contributed by atoms with van der Waals surface area (Å²) in [4.78, 5) is 39.3. The van der Waals surface area contributed by atoms with Crippen molar-refractivity contribution >= 4 is 17.7 Å². The van der Waals surface area contributed by atoms with Crippen molar-refractivity contribution in [3.05, 3.63) is 12.7 Å². The molecule has 0 bridgehead atoms. The summed E-state index contributed by atoms with van der Waals surface area (Å²) in [6.45, 7) is 12.9. The summed E-state index contributed by atoms with van der Waals surface area (Å²) in [6.07, 6.45) is 2.02. The van der Waals surface area contributed by atoms with Crippen LogP contribution in [0.1, 0.15) is 34.1 Å². The lowest BCUT2D eigenvalue weighted by molar-refractivity contribution is -0.139. The minimum Gasteiger partial charge on any atom is -0.344 e. The molecule has 0 unspecified atom stereocenters. The zero-order chi connectivity index (χ0) is 16.9. The van der Waals surface area contributed by atoms with Crippen molar-refractivity contribution in [1.29, 1.82) is 0 Å². The molecule has 0 spiro atoms. The lowest BCUT2D eigenvalue weighted by Crippen LogP contribution is -2.55. The van der Waals surface area contributed by atoms with E-state index in [0.29, 0.717) is 26.2 Å². The zero-order valence-electron chi connectivity index (χ0n) is 14.0. The van der Waals surface area contributed by atoms with E-state index in [2.05, 4.69) is 11.9 Å². The van der Waals surface area contributed by atoms with Crippen molar-refractivity contribution in [1.82, 2.24) is 15.1 Å². The highest BCUT2D eigenvalue weighted by Crippen LogP contribution is 2.22. The van der Waals surface area contributed by atoms with Gasteiger partial charge in [-0.2, -0.15) is 0 Å². The van der Waals surface area contributed by atoms with Gasteiger partial charge in [0.1, 0.15) is 6.04 Å². The van der Waals surface area contributed by atoms with Crippen molar-refractivity contribution in [2.45, 2.75) is 40.2 Å². The molecule has 0 radical (unpaired) electrons. The lowest BCUT2D eigenvalue weighted by atomic mass is 9.85. The van der Waals surface area contributed by atoms with E-state index in [1.54, 1.807) is 9.80 Å². The molecule has 6 nitrogen and oxygen atoms in total. The van der Waals surface area contributed by atoms with Gasteiger partial charge in [-0.25, -0.2) is 0 Å². The van der Waals surface area contributed by atoms with E-state index >= 15 is 0 Å². The highest BCUT2D eigenvalue weighted by Gasteiger charge is 2.35. The Balaban J connectivity index is 2.80. The molecule has 3 amide bonds. The predicted molar refractivity (Wildman–Crippen MR) is 85.0 cm³/mol. The number of hydrogen-bond acceptors (Lipinski definition) is 3. The van der Waals surface area contributed by atoms with Crippen molar-refractivity contribution in [3.8, 4) is 0 Å². The Morgan fingerprint density at radius 3 is 2.14 bits per heavy atom. The summed E-state index contributed by atoms with van der Waals surface area (Å²) in [7, 11) is 0. The van der Waals surface area contributed by atoms with Gasteiger partial charge in [-0.1, -0.05) is 27.4 Å². The Hall–Kier alpha value is -1.85. The number of carbonyl (C=O) groups excluding carboxylic acids is 3. The van der Waals surface area contributed by atoms with Crippen LogP contribution in [0.4, 0.5) is 0 Å². The molecule has 1 atom stereocenters. The maximum atomic E-state index is 12.8. The fourth-order valence-corrected chi connectivity index (χ4v) is 2.52. The Kier molecular flexibility index (Phi) is 6.14. The quantitative estimate of drug-likeness (QED) is 0.783. The SMILES string of the molecule is C=CC(=O)N1CCCN(C(=O)[C@H](NC(C)=O)C(C)(C)C)CC1. The first-order chi connectivity index (χ1) is 10.2. The number of rotatable bonds is 3. The van der Waals surface area contributed by atoms with E-state index in [1.807, 2.05) is 20.8 Å². The van der Waals surface area contributed by atoms with Gasteiger partial charge in [-0.3, -0.25) is 14.4 Å². The minimum atomic E-state index is -0.563. The third-order valence-electron chi connectivity index (χ3n) is 3.75. The normalized spacial score (nSPS) is 17.5. The summed E-state index contributed by atoms with van der Waals surface area (Å²) < 4.78 is 0. The monoisotopic (exact) mass is 309 g/mol. The van der Waals surface area contributed by atoms with Crippen LogP contribution in [-0.4, -0.2) is 59.7 Å². The number of amides is 3. The van der Waals surface area contributed by atoms with Gasteiger partial charge in [0, 0.05) is 33.1 Å². The molecule has 0 aromatic heterocycles. The molecule has 1 N–H and O–H groups in total. The summed E-state index contributed by atoms with van der Waals surface area (Å²) >= 11 is 0. The van der Waals surface area contributed by atoms with Crippen molar-refractivity contribution < 1.29 is 14.4 Å². The molecule has 1 aliphatic heterocycles. The van der Waals surface area contributed by atoms with E-state index < -0.39 is 6.04 Å². The van der Waals surface area contributed by atoms with Gasteiger partial charge in [0.05, 0.1) is 0 Å². The first kappa shape index (κ1) is 18.2. The van der Waals surface area contributed by atoms with Gasteiger partial charge >= 0.3 is 0 Å². The molecule has 1 rings (SSSR count). The maximum Gasteiger partial charge on any atom is 0.246 e. The van der Waals surface area contributed by atoms with Crippen LogP contribution >= 0.6 is 0 Å². The number of nitrogens with one attached hydrogen (secondary N) is 1. The van der Waals surface area contributed by atoms with Crippen LogP contribution in [0.15, 0.2) is 12.7 Å². The Morgan fingerprint density at radius 2 is 1.64 bits per heavy atom. The number of hydrogen-bond donors (Lipinski definition) is 1. The second-order valence-corrected chi connectivity index (χ2v) is 6.71. The van der Waals surface area contributed by atoms with E-state index in [1.165, 1.54) is 13.0 Å². The Bertz CT molecular complexity index is 454. The highest BCUT2D eigenvalue weighted by molar-refractivity contribution is 5.88. The predicted octanol–water partition coefficient (Wildman–Crippen LogP) is 0.784. The molecule has 124 valence electrons. The van der Waals surface area contributed by atoms with Gasteiger partial charge in [0.15, 0.2) is 0 Å². The Labute approximate surface area is 132 Å². The first-order valence-electron chi connectivity index (χ1n) is 7.64. The van der Waals surface area contributed by atoms with Crippen LogP contribution in [0.2, 0.25) is 0 Å². The van der Waals surface area contributed by atoms with E-state index in [9.17, 15) is 14.4 Å². The second-order valence-electron chi connectivity index (χ2n) is 6.71. The molecule has 1 heterocycles. The van der Waals surface area contributed by atoms with Crippen LogP contribution in [0.25, 0.3) is 0 Å². The summed E-state index contributed by atoms with van der Waals surface area (Å²) in [5.41, 5.74) is -0.369. The van der Waals surface area contributed by atoms with E-state index in [4.69, 9.17) is 0 Å². The molecular weight excluding hydrogens is 282 g/mol. The van der Waals surface area contributed by atoms with Gasteiger partial charge in [-0.15, -0.1) is 0 Å². The van der Waals surface area contributed by atoms with E-state index in [-0.39, 0.29) is 23.1 Å². The van der Waals surface area contributed by atoms with E-state index in [0.717, 1.165) is 6.42 Å². The van der Waals surface area contributed by atoms with Crippen molar-refractivity contribution in [2.24, 2.45) is 5.41 Å². The van der Waals surface area contributed by atoms with Gasteiger partial charge in [0.25, 0.3) is 0 Å². The average molecular weight is 309 g/mol. The third-order valence-corrected chi connectivity index (χ3v) is 3.75. The topological polar surface area (TPSA) is 69.7 Å². The van der Waals surface area contributed by atoms with Crippen LogP contribution < -0.4 is 5.32 Å². The van der Waals surface area contributed by atoms with Crippen LogP contribution in [0.3, 0.4) is 0 Å². The molecule has 0 aromatic carbocycles. The number of nitrogens with zero attached hydrogens (tertiary/aromatic N) is 2. The fraction of sp³-hybridized carbons (Fsp3) is 0.688. The fourth-order valence-electron chi connectivity index (χ4n) is 2.52. The lowest BCUT2D eigenvalue weighted by Gasteiger charge is -2.34. The molecule has 22 heavy (non-hydrogen) atoms. The van der Waals surface area contributed by atoms with Gasteiger partial charge in [0.2, 0.25) is 17.7 Å². The summed E-state index contributed by atoms with van der Waals surface area (Å²) in [6, 6.07) is -0.563. The summed E-state index contributed by atoms with van der Waals surface area (Å²) in [5, 5.41) is 2.76. The number of carbonyl (C=O) groups is 3. The third kappa shape index (κ3) is 4.86. The molecule has 6 heteroatoms. The van der Waals surface area contributed by atoms with Crippen molar-refractivity contribution in [2.75, 3.05) is 26.2 Å². The highest BCUT2D eigenvalue weighted by atomic mass is 16.2. The van der Waals surface area contributed by atoms with Crippen LogP contribution in [0.5, 0.6) is 0 Å². The van der Waals surface area contributed by atoms with Crippen LogP contribution in [0, 0.1) is 5.41 Å². The van der Waals surface area contributed by atoms with Gasteiger partial charge < -0.3 is 15.1 Å². The largest absolute Gasteiger partial charge is 0.344 e. The van der Waals surface area contributed by atoms with Gasteiger partial charge in [-0.05, 0) is 17.9 Å². The second kappa shape index (κ2) is 7.42. The molecular formula is C16H27N3O3. The average Bonchev–Trinajstić information content (AvgIpc) is 2.67. The molecule has 0 aromatic rings. The Morgan fingerprint density at radius 1 is 1.09 bits per heavy atom. The first-order valence-corrected chi connectivity index (χ1v) is 7.64. The summed E-state index contributed by atoms with van der Waals surface area (Å²) in [5.74, 6) is -0.411. The van der Waals surface area contributed by atoms with Crippen molar-refractivity contribution in [3.63, 3.8) is 0 Å². The molecule has 0 aliphatic carbocycles. The maximum absolute atomic E-state index is 12.8. The smallest absolute Gasteiger partial charge is 0.246 e. The zero-order valence-corrected chi connectivity index (χ0v) is 14.0. The standard InChI is InChI=1S/C16H27N3O3/c1-6-13(21)18-8-7-9-19(11-10-18)15(22)14(16(3,4)5)17-12(2)20/h6,14H,1,7-11H2,2-5H3,(H,17,20)/t14-/m0/s1. The molecule has 1 saturated heterocycles. The molecule has 1 fully saturated rings. The molecule has 0 saturated carbocycles. The minimum absolute atomic E-state index is 0.0874.